The Bertz CT molecular complexity index is 91.1. The fourth-order valence-corrected chi connectivity index (χ4v) is 0.817. The van der Waals surface area contributed by atoms with Gasteiger partial charge >= 0.3 is 0 Å². The van der Waals surface area contributed by atoms with Gasteiger partial charge in [0.25, 0.3) is 0 Å². The Morgan fingerprint density at radius 3 is 2.67 bits per heavy atom. The number of carbonyl (C=O) groups is 1. The van der Waals surface area contributed by atoms with Gasteiger partial charge in [0, 0.05) is 6.42 Å². The highest BCUT2D eigenvalue weighted by Gasteiger charge is 2.06. The molecule has 0 amide bonds. The van der Waals surface area contributed by atoms with Crippen LogP contribution in [0.1, 0.15) is 13.3 Å². The molecular formula is C6H12O2S. The predicted octanol–water partition coefficient (Wildman–Crippen LogP) is 0.689. The van der Waals surface area contributed by atoms with Crippen molar-refractivity contribution in [1.82, 2.24) is 0 Å². The topological polar surface area (TPSA) is 37.3 Å². The molecule has 54 valence electrons. The largest absolute Gasteiger partial charge is 0.386 e. The van der Waals surface area contributed by atoms with E-state index in [9.17, 15) is 4.79 Å². The van der Waals surface area contributed by atoms with Gasteiger partial charge in [0.2, 0.25) is 0 Å². The summed E-state index contributed by atoms with van der Waals surface area (Å²) in [5.41, 5.74) is 0. The summed E-state index contributed by atoms with van der Waals surface area (Å²) in [6.45, 7) is 1.50. The molecule has 1 atom stereocenters. The summed E-state index contributed by atoms with van der Waals surface area (Å²) in [5, 5.41) is 8.69. The van der Waals surface area contributed by atoms with E-state index < -0.39 is 6.10 Å². The predicted molar refractivity (Wildman–Crippen MR) is 39.7 cm³/mol. The van der Waals surface area contributed by atoms with Crippen molar-refractivity contribution in [2.75, 3.05) is 12.0 Å². The smallest absolute Gasteiger partial charge is 0.161 e. The van der Waals surface area contributed by atoms with Gasteiger partial charge in [-0.2, -0.15) is 11.8 Å². The minimum atomic E-state index is -0.780. The monoisotopic (exact) mass is 148 g/mol. The molecule has 2 nitrogen and oxygen atoms in total. The third kappa shape index (κ3) is 4.48. The SMILES string of the molecule is CSCCC(=O)C(C)O. The van der Waals surface area contributed by atoms with E-state index >= 15 is 0 Å². The van der Waals surface area contributed by atoms with Gasteiger partial charge in [0.1, 0.15) is 6.10 Å². The van der Waals surface area contributed by atoms with Crippen LogP contribution in [0.5, 0.6) is 0 Å². The van der Waals surface area contributed by atoms with E-state index in [0.29, 0.717) is 6.42 Å². The zero-order valence-corrected chi connectivity index (χ0v) is 6.57. The van der Waals surface area contributed by atoms with Crippen LogP contribution in [-0.2, 0) is 4.79 Å². The molecule has 0 bridgehead atoms. The molecule has 1 unspecified atom stereocenters. The van der Waals surface area contributed by atoms with Gasteiger partial charge in [0.05, 0.1) is 0 Å². The molecule has 0 aromatic heterocycles. The van der Waals surface area contributed by atoms with Crippen molar-refractivity contribution < 1.29 is 9.90 Å². The van der Waals surface area contributed by atoms with E-state index in [1.165, 1.54) is 6.92 Å². The van der Waals surface area contributed by atoms with Crippen LogP contribution in [-0.4, -0.2) is 29.0 Å². The van der Waals surface area contributed by atoms with Gasteiger partial charge in [-0.3, -0.25) is 4.79 Å². The number of aliphatic hydroxyl groups is 1. The maximum Gasteiger partial charge on any atom is 0.161 e. The molecule has 0 rings (SSSR count). The lowest BCUT2D eigenvalue weighted by Gasteiger charge is -1.99. The molecule has 0 fully saturated rings. The maximum atomic E-state index is 10.6. The molecule has 0 radical (unpaired) electrons. The van der Waals surface area contributed by atoms with Crippen molar-refractivity contribution in [3.8, 4) is 0 Å². The van der Waals surface area contributed by atoms with Crippen LogP contribution in [0.2, 0.25) is 0 Å². The fraction of sp³-hybridized carbons (Fsp3) is 0.833. The highest BCUT2D eigenvalue weighted by Crippen LogP contribution is 1.98. The van der Waals surface area contributed by atoms with Crippen LogP contribution in [0.15, 0.2) is 0 Å². The summed E-state index contributed by atoms with van der Waals surface area (Å²) in [4.78, 5) is 10.6. The lowest BCUT2D eigenvalue weighted by Crippen LogP contribution is -2.16. The third-order valence-electron chi connectivity index (χ3n) is 1.02. The number of thioether (sulfide) groups is 1. The standard InChI is InChI=1S/C6H12O2S/c1-5(7)6(8)3-4-9-2/h5,7H,3-4H2,1-2H3. The molecule has 0 aliphatic carbocycles. The number of hydrogen-bond acceptors (Lipinski definition) is 3. The Morgan fingerprint density at radius 1 is 1.78 bits per heavy atom. The van der Waals surface area contributed by atoms with Gasteiger partial charge in [-0.05, 0) is 18.9 Å². The summed E-state index contributed by atoms with van der Waals surface area (Å²) >= 11 is 1.62. The molecule has 1 N–H and O–H groups in total. The first kappa shape index (κ1) is 8.98. The zero-order chi connectivity index (χ0) is 7.28. The number of hydrogen-bond donors (Lipinski definition) is 1. The first-order valence-electron chi connectivity index (χ1n) is 2.88. The molecule has 0 heterocycles. The van der Waals surface area contributed by atoms with E-state index in [2.05, 4.69) is 0 Å². The number of ketones is 1. The van der Waals surface area contributed by atoms with Crippen molar-refractivity contribution in [1.29, 1.82) is 0 Å². The Labute approximate surface area is 59.6 Å². The van der Waals surface area contributed by atoms with Crippen molar-refractivity contribution in [2.45, 2.75) is 19.4 Å². The molecule has 0 saturated carbocycles. The van der Waals surface area contributed by atoms with E-state index in [1.54, 1.807) is 11.8 Å². The highest BCUT2D eigenvalue weighted by atomic mass is 32.2. The molecule has 0 aromatic rings. The van der Waals surface area contributed by atoms with Crippen molar-refractivity contribution in [3.05, 3.63) is 0 Å². The summed E-state index contributed by atoms with van der Waals surface area (Å²) in [5.74, 6) is 0.744. The van der Waals surface area contributed by atoms with Crippen LogP contribution < -0.4 is 0 Å². The quantitative estimate of drug-likeness (QED) is 0.637. The number of carbonyl (C=O) groups excluding carboxylic acids is 1. The van der Waals surface area contributed by atoms with E-state index in [4.69, 9.17) is 5.11 Å². The Kier molecular flexibility index (Phi) is 4.81. The van der Waals surface area contributed by atoms with Crippen LogP contribution in [0, 0.1) is 0 Å². The summed E-state index contributed by atoms with van der Waals surface area (Å²) < 4.78 is 0. The second kappa shape index (κ2) is 4.82. The Morgan fingerprint density at radius 2 is 2.33 bits per heavy atom. The van der Waals surface area contributed by atoms with E-state index in [-0.39, 0.29) is 5.78 Å². The Balaban J connectivity index is 3.28. The normalized spacial score (nSPS) is 13.2. The second-order valence-corrected chi connectivity index (χ2v) is 2.87. The highest BCUT2D eigenvalue weighted by molar-refractivity contribution is 7.98. The summed E-state index contributed by atoms with van der Waals surface area (Å²) in [6.07, 6.45) is 1.64. The second-order valence-electron chi connectivity index (χ2n) is 1.89. The van der Waals surface area contributed by atoms with Gasteiger partial charge < -0.3 is 5.11 Å². The minimum absolute atomic E-state index is 0.0654. The van der Waals surface area contributed by atoms with Crippen molar-refractivity contribution >= 4 is 17.5 Å². The van der Waals surface area contributed by atoms with E-state index in [1.807, 2.05) is 6.26 Å². The lowest BCUT2D eigenvalue weighted by molar-refractivity contribution is -0.125. The molecule has 0 spiro atoms. The third-order valence-corrected chi connectivity index (χ3v) is 1.63. The van der Waals surface area contributed by atoms with Crippen molar-refractivity contribution in [3.63, 3.8) is 0 Å². The average Bonchev–Trinajstić information content (AvgIpc) is 1.82. The van der Waals surface area contributed by atoms with Crippen LogP contribution >= 0.6 is 11.8 Å². The maximum absolute atomic E-state index is 10.6. The lowest BCUT2D eigenvalue weighted by atomic mass is 10.2. The van der Waals surface area contributed by atoms with Gasteiger partial charge in [-0.15, -0.1) is 0 Å². The van der Waals surface area contributed by atoms with Crippen LogP contribution in [0.25, 0.3) is 0 Å². The number of aliphatic hydroxyl groups excluding tert-OH is 1. The summed E-state index contributed by atoms with van der Waals surface area (Å²) in [7, 11) is 0. The van der Waals surface area contributed by atoms with Crippen LogP contribution in [0.3, 0.4) is 0 Å². The molecule has 0 aromatic carbocycles. The first-order valence-corrected chi connectivity index (χ1v) is 4.27. The van der Waals surface area contributed by atoms with Gasteiger partial charge in [0.15, 0.2) is 5.78 Å². The molecular weight excluding hydrogens is 136 g/mol. The van der Waals surface area contributed by atoms with Crippen LogP contribution in [0.4, 0.5) is 0 Å². The minimum Gasteiger partial charge on any atom is -0.386 e. The molecule has 0 aliphatic heterocycles. The van der Waals surface area contributed by atoms with E-state index in [0.717, 1.165) is 5.75 Å². The molecule has 0 aliphatic rings. The first-order chi connectivity index (χ1) is 4.18. The zero-order valence-electron chi connectivity index (χ0n) is 5.76. The fourth-order valence-electron chi connectivity index (χ4n) is 0.412. The summed E-state index contributed by atoms with van der Waals surface area (Å²) in [6, 6.07) is 0. The average molecular weight is 148 g/mol. The van der Waals surface area contributed by atoms with Gasteiger partial charge in [-0.1, -0.05) is 0 Å². The van der Waals surface area contributed by atoms with Crippen molar-refractivity contribution in [2.24, 2.45) is 0 Å². The number of Topliss-reactive ketones (excluding diaryl/α,β-unsaturated/α-hetero) is 1. The molecule has 3 heteroatoms. The Hall–Kier alpha value is -0.0200. The molecule has 9 heavy (non-hydrogen) atoms. The number of rotatable bonds is 4. The molecule has 0 saturated heterocycles. The van der Waals surface area contributed by atoms with Gasteiger partial charge in [-0.25, -0.2) is 0 Å².